The molecule has 1 aliphatic carbocycles. The average molecular weight is 279 g/mol. The van der Waals surface area contributed by atoms with Crippen LogP contribution >= 0.6 is 11.6 Å². The molecule has 0 aromatic heterocycles. The summed E-state index contributed by atoms with van der Waals surface area (Å²) in [5, 5.41) is 0.930. The molecule has 2 unspecified atom stereocenters. The summed E-state index contributed by atoms with van der Waals surface area (Å²) >= 11 is 6.34. The van der Waals surface area contributed by atoms with E-state index in [9.17, 15) is 0 Å². The van der Waals surface area contributed by atoms with Crippen molar-refractivity contribution in [2.75, 3.05) is 20.1 Å². The Morgan fingerprint density at radius 3 is 2.32 bits per heavy atom. The fraction of sp³-hybridized carbons (Fsp3) is 0.647. The van der Waals surface area contributed by atoms with E-state index in [0.717, 1.165) is 23.4 Å². The van der Waals surface area contributed by atoms with E-state index in [2.05, 4.69) is 33.0 Å². The molecule has 1 saturated carbocycles. The zero-order valence-corrected chi connectivity index (χ0v) is 13.1. The predicted octanol–water partition coefficient (Wildman–Crippen LogP) is 4.35. The van der Waals surface area contributed by atoms with Gasteiger partial charge >= 0.3 is 0 Å². The summed E-state index contributed by atoms with van der Waals surface area (Å²) in [6, 6.07) is 8.34. The third-order valence-corrected chi connectivity index (χ3v) is 6.17. The molecule has 2 atom stereocenters. The molecule has 0 radical (unpaired) electrons. The molecule has 3 rings (SSSR count). The molecule has 1 aromatic carbocycles. The molecule has 1 nitrogen and oxygen atoms in total. The predicted molar refractivity (Wildman–Crippen MR) is 81.1 cm³/mol. The largest absolute Gasteiger partial charge is 0.322 e. The quantitative estimate of drug-likeness (QED) is 0.706. The van der Waals surface area contributed by atoms with Gasteiger partial charge in [-0.15, -0.1) is 0 Å². The third-order valence-electron chi connectivity index (χ3n) is 5.80. The lowest BCUT2D eigenvalue weighted by molar-refractivity contribution is -0.935. The molecule has 0 amide bonds. The lowest BCUT2D eigenvalue weighted by atomic mass is 9.71. The molecule has 2 fully saturated rings. The van der Waals surface area contributed by atoms with Gasteiger partial charge in [-0.1, -0.05) is 43.6 Å². The smallest absolute Gasteiger partial charge is 0.106 e. The van der Waals surface area contributed by atoms with Crippen LogP contribution in [-0.2, 0) is 6.54 Å². The first-order valence-electron chi connectivity index (χ1n) is 7.48. The molecule has 2 bridgehead atoms. The Bertz CT molecular complexity index is 464. The van der Waals surface area contributed by atoms with Crippen molar-refractivity contribution in [3.05, 3.63) is 34.9 Å². The highest BCUT2D eigenvalue weighted by atomic mass is 35.5. The highest BCUT2D eigenvalue weighted by Gasteiger charge is 2.53. The van der Waals surface area contributed by atoms with E-state index >= 15 is 0 Å². The zero-order valence-electron chi connectivity index (χ0n) is 12.3. The van der Waals surface area contributed by atoms with Crippen LogP contribution in [0.15, 0.2) is 24.3 Å². The first-order valence-corrected chi connectivity index (χ1v) is 7.85. The van der Waals surface area contributed by atoms with Gasteiger partial charge in [0.1, 0.15) is 6.54 Å². The standard InChI is InChI=1S/C17H25ClN/c1-17(2)14-8-9-15(17)12-19(3,11-14)10-13-6-4-5-7-16(13)18/h4-7,14-15H,8-12H2,1-3H3/q+1. The van der Waals surface area contributed by atoms with Crippen molar-refractivity contribution < 1.29 is 4.48 Å². The van der Waals surface area contributed by atoms with Crippen molar-refractivity contribution in [1.29, 1.82) is 0 Å². The number of nitrogens with zero attached hydrogens (tertiary/aromatic N) is 1. The molecule has 19 heavy (non-hydrogen) atoms. The topological polar surface area (TPSA) is 0 Å². The van der Waals surface area contributed by atoms with Gasteiger partial charge in [-0.05, 0) is 24.3 Å². The Hall–Kier alpha value is -0.530. The summed E-state index contributed by atoms with van der Waals surface area (Å²) in [6.45, 7) is 8.68. The van der Waals surface area contributed by atoms with Crippen molar-refractivity contribution in [3.8, 4) is 0 Å². The number of fused-ring (bicyclic) bond motifs is 2. The lowest BCUT2D eigenvalue weighted by Gasteiger charge is -2.48. The summed E-state index contributed by atoms with van der Waals surface area (Å²) in [5.74, 6) is 1.78. The van der Waals surface area contributed by atoms with Crippen LogP contribution in [0, 0.1) is 17.3 Å². The normalized spacial score (nSPS) is 36.4. The zero-order chi connectivity index (χ0) is 13.7. The first kappa shape index (κ1) is 13.5. The van der Waals surface area contributed by atoms with Gasteiger partial charge in [0.25, 0.3) is 0 Å². The van der Waals surface area contributed by atoms with E-state index < -0.39 is 0 Å². The molecule has 0 spiro atoms. The lowest BCUT2D eigenvalue weighted by Crippen LogP contribution is -2.56. The van der Waals surface area contributed by atoms with E-state index in [-0.39, 0.29) is 0 Å². The number of halogens is 1. The van der Waals surface area contributed by atoms with E-state index in [4.69, 9.17) is 11.6 Å². The SMILES string of the molecule is CC1(C)C2CCC1C[N+](C)(Cc1ccccc1Cl)C2. The molecule has 1 aliphatic heterocycles. The van der Waals surface area contributed by atoms with Gasteiger partial charge < -0.3 is 4.48 Å². The molecular formula is C17H25ClN+. The maximum Gasteiger partial charge on any atom is 0.106 e. The molecule has 2 heteroatoms. The van der Waals surface area contributed by atoms with Crippen LogP contribution < -0.4 is 0 Å². The van der Waals surface area contributed by atoms with Crippen LogP contribution in [0.4, 0.5) is 0 Å². The molecule has 1 heterocycles. The molecule has 1 saturated heterocycles. The molecular weight excluding hydrogens is 254 g/mol. The van der Waals surface area contributed by atoms with Gasteiger partial charge in [0.2, 0.25) is 0 Å². The van der Waals surface area contributed by atoms with Crippen molar-refractivity contribution in [1.82, 2.24) is 0 Å². The number of hydrogen-bond acceptors (Lipinski definition) is 0. The summed E-state index contributed by atoms with van der Waals surface area (Å²) in [6.07, 6.45) is 2.85. The van der Waals surface area contributed by atoms with Gasteiger partial charge in [-0.3, -0.25) is 0 Å². The Morgan fingerprint density at radius 1 is 1.16 bits per heavy atom. The summed E-state index contributed by atoms with van der Waals surface area (Å²) in [7, 11) is 2.42. The van der Waals surface area contributed by atoms with Gasteiger partial charge in [-0.2, -0.15) is 0 Å². The number of benzene rings is 1. The van der Waals surface area contributed by atoms with Crippen LogP contribution in [0.3, 0.4) is 0 Å². The minimum absolute atomic E-state index is 0.554. The Kier molecular flexibility index (Phi) is 3.18. The summed E-state index contributed by atoms with van der Waals surface area (Å²) in [4.78, 5) is 0. The molecule has 2 aliphatic rings. The third kappa shape index (κ3) is 2.32. The second kappa shape index (κ2) is 4.49. The molecule has 1 aromatic rings. The van der Waals surface area contributed by atoms with Crippen molar-refractivity contribution in [3.63, 3.8) is 0 Å². The summed E-state index contributed by atoms with van der Waals surface area (Å²) in [5.41, 5.74) is 1.86. The molecule has 104 valence electrons. The van der Waals surface area contributed by atoms with Gasteiger partial charge in [0, 0.05) is 22.4 Å². The monoisotopic (exact) mass is 278 g/mol. The van der Waals surface area contributed by atoms with Gasteiger partial charge in [0.15, 0.2) is 0 Å². The van der Waals surface area contributed by atoms with E-state index in [1.165, 1.54) is 36.0 Å². The Morgan fingerprint density at radius 2 is 1.74 bits per heavy atom. The number of rotatable bonds is 2. The van der Waals surface area contributed by atoms with Crippen molar-refractivity contribution in [2.45, 2.75) is 33.2 Å². The average Bonchev–Trinajstić information content (AvgIpc) is 2.52. The summed E-state index contributed by atoms with van der Waals surface area (Å²) < 4.78 is 1.17. The Balaban J connectivity index is 1.81. The van der Waals surface area contributed by atoms with Gasteiger partial charge in [-0.25, -0.2) is 0 Å². The second-order valence-electron chi connectivity index (χ2n) is 7.53. The number of hydrogen-bond donors (Lipinski definition) is 0. The van der Waals surface area contributed by atoms with E-state index in [1.807, 2.05) is 12.1 Å². The van der Waals surface area contributed by atoms with Crippen LogP contribution in [-0.4, -0.2) is 24.6 Å². The minimum Gasteiger partial charge on any atom is -0.322 e. The van der Waals surface area contributed by atoms with Crippen LogP contribution in [0.25, 0.3) is 0 Å². The number of likely N-dealkylation sites (tertiary alicyclic amines) is 1. The van der Waals surface area contributed by atoms with Gasteiger partial charge in [0.05, 0.1) is 20.1 Å². The Labute approximate surface area is 122 Å². The van der Waals surface area contributed by atoms with Crippen molar-refractivity contribution in [2.24, 2.45) is 17.3 Å². The fourth-order valence-corrected chi connectivity index (χ4v) is 4.63. The van der Waals surface area contributed by atoms with Crippen LogP contribution in [0.2, 0.25) is 5.02 Å². The maximum atomic E-state index is 6.34. The minimum atomic E-state index is 0.554. The number of piperidine rings is 1. The highest BCUT2D eigenvalue weighted by Crippen LogP contribution is 2.52. The number of quaternary nitrogens is 1. The second-order valence-corrected chi connectivity index (χ2v) is 7.93. The van der Waals surface area contributed by atoms with Crippen molar-refractivity contribution >= 4 is 11.6 Å². The van der Waals surface area contributed by atoms with Crippen LogP contribution in [0.5, 0.6) is 0 Å². The first-order chi connectivity index (χ1) is 8.91. The van der Waals surface area contributed by atoms with E-state index in [1.54, 1.807) is 0 Å². The van der Waals surface area contributed by atoms with E-state index in [0.29, 0.717) is 5.41 Å². The maximum absolute atomic E-state index is 6.34. The highest BCUT2D eigenvalue weighted by molar-refractivity contribution is 6.31. The molecule has 0 N–H and O–H groups in total. The fourth-order valence-electron chi connectivity index (χ4n) is 4.44. The van der Waals surface area contributed by atoms with Crippen LogP contribution in [0.1, 0.15) is 32.3 Å².